The van der Waals surface area contributed by atoms with Crippen LogP contribution in [0.3, 0.4) is 0 Å². The van der Waals surface area contributed by atoms with Gasteiger partial charge in [0.25, 0.3) is 0 Å². The van der Waals surface area contributed by atoms with Crippen molar-refractivity contribution < 1.29 is 4.74 Å². The van der Waals surface area contributed by atoms with Crippen molar-refractivity contribution in [3.8, 4) is 5.75 Å². The molecule has 1 aromatic carbocycles. The number of benzene rings is 1. The zero-order valence-corrected chi connectivity index (χ0v) is 12.7. The molecule has 0 aromatic heterocycles. The van der Waals surface area contributed by atoms with Crippen molar-refractivity contribution in [3.63, 3.8) is 0 Å². The molecule has 3 nitrogen and oxygen atoms in total. The van der Waals surface area contributed by atoms with Crippen LogP contribution in [0, 0.1) is 0 Å². The lowest BCUT2D eigenvalue weighted by molar-refractivity contribution is 0.278. The van der Waals surface area contributed by atoms with E-state index in [2.05, 4.69) is 17.1 Å². The van der Waals surface area contributed by atoms with Crippen molar-refractivity contribution in [2.45, 2.75) is 38.6 Å². The Balaban J connectivity index is 1.60. The van der Waals surface area contributed by atoms with Gasteiger partial charge in [0.1, 0.15) is 12.4 Å². The highest BCUT2D eigenvalue weighted by Crippen LogP contribution is 2.11. The van der Waals surface area contributed by atoms with E-state index in [1.54, 1.807) is 0 Å². The number of ether oxygens (including phenoxy) is 1. The molecule has 0 spiro atoms. The van der Waals surface area contributed by atoms with Gasteiger partial charge in [-0.05, 0) is 57.5 Å². The zero-order valence-electron chi connectivity index (χ0n) is 12.7. The Bertz CT molecular complexity index is 355. The van der Waals surface area contributed by atoms with Gasteiger partial charge in [0.05, 0.1) is 0 Å². The summed E-state index contributed by atoms with van der Waals surface area (Å²) in [6.07, 6.45) is 5.15. The quantitative estimate of drug-likeness (QED) is 0.775. The summed E-state index contributed by atoms with van der Waals surface area (Å²) in [5.74, 6) is 0.962. The SMILES string of the molecule is CCCN1CCCC(NCCOc2ccccc2)CC1. The number of nitrogens with one attached hydrogen (secondary N) is 1. The molecule has 0 radical (unpaired) electrons. The van der Waals surface area contributed by atoms with Crippen LogP contribution >= 0.6 is 0 Å². The van der Waals surface area contributed by atoms with Crippen LogP contribution in [0.5, 0.6) is 5.75 Å². The van der Waals surface area contributed by atoms with E-state index in [4.69, 9.17) is 4.74 Å². The third-order valence-electron chi connectivity index (χ3n) is 3.91. The molecule has 1 saturated heterocycles. The van der Waals surface area contributed by atoms with Crippen LogP contribution in [-0.4, -0.2) is 43.7 Å². The first-order chi connectivity index (χ1) is 9.88. The molecule has 0 aliphatic carbocycles. The summed E-state index contributed by atoms with van der Waals surface area (Å²) in [6.45, 7) is 7.72. The maximum absolute atomic E-state index is 5.72. The van der Waals surface area contributed by atoms with Crippen molar-refractivity contribution in [2.75, 3.05) is 32.8 Å². The number of para-hydroxylation sites is 1. The van der Waals surface area contributed by atoms with Crippen molar-refractivity contribution in [1.82, 2.24) is 10.2 Å². The Morgan fingerprint density at radius 3 is 2.85 bits per heavy atom. The van der Waals surface area contributed by atoms with Gasteiger partial charge in [0, 0.05) is 12.6 Å². The average molecular weight is 276 g/mol. The second kappa shape index (κ2) is 8.98. The topological polar surface area (TPSA) is 24.5 Å². The van der Waals surface area contributed by atoms with Gasteiger partial charge in [-0.25, -0.2) is 0 Å². The molecule has 1 atom stereocenters. The molecule has 1 aliphatic rings. The lowest BCUT2D eigenvalue weighted by atomic mass is 10.1. The monoisotopic (exact) mass is 276 g/mol. The van der Waals surface area contributed by atoms with E-state index < -0.39 is 0 Å². The molecule has 0 bridgehead atoms. The number of rotatable bonds is 7. The molecule has 1 aliphatic heterocycles. The fourth-order valence-electron chi connectivity index (χ4n) is 2.85. The van der Waals surface area contributed by atoms with E-state index in [9.17, 15) is 0 Å². The van der Waals surface area contributed by atoms with Crippen LogP contribution in [-0.2, 0) is 0 Å². The van der Waals surface area contributed by atoms with Crippen LogP contribution in [0.4, 0.5) is 0 Å². The number of hydrogen-bond acceptors (Lipinski definition) is 3. The second-order valence-electron chi connectivity index (χ2n) is 5.59. The van der Waals surface area contributed by atoms with Gasteiger partial charge in [0.15, 0.2) is 0 Å². The van der Waals surface area contributed by atoms with Gasteiger partial charge < -0.3 is 15.0 Å². The smallest absolute Gasteiger partial charge is 0.119 e. The van der Waals surface area contributed by atoms with Crippen molar-refractivity contribution in [1.29, 1.82) is 0 Å². The Hall–Kier alpha value is -1.06. The summed E-state index contributed by atoms with van der Waals surface area (Å²) in [7, 11) is 0. The molecule has 1 unspecified atom stereocenters. The van der Waals surface area contributed by atoms with Gasteiger partial charge >= 0.3 is 0 Å². The summed E-state index contributed by atoms with van der Waals surface area (Å²) in [5, 5.41) is 3.64. The third-order valence-corrected chi connectivity index (χ3v) is 3.91. The van der Waals surface area contributed by atoms with Crippen LogP contribution in [0.1, 0.15) is 32.6 Å². The molecule has 1 N–H and O–H groups in total. The van der Waals surface area contributed by atoms with E-state index in [1.807, 2.05) is 30.3 Å². The lowest BCUT2D eigenvalue weighted by Gasteiger charge is -2.19. The van der Waals surface area contributed by atoms with Gasteiger partial charge in [-0.2, -0.15) is 0 Å². The fraction of sp³-hybridized carbons (Fsp3) is 0.647. The van der Waals surface area contributed by atoms with E-state index in [-0.39, 0.29) is 0 Å². The zero-order chi connectivity index (χ0) is 14.0. The molecule has 0 saturated carbocycles. The van der Waals surface area contributed by atoms with Crippen molar-refractivity contribution in [3.05, 3.63) is 30.3 Å². The predicted octanol–water partition coefficient (Wildman–Crippen LogP) is 2.92. The predicted molar refractivity (Wildman–Crippen MR) is 84.3 cm³/mol. The van der Waals surface area contributed by atoms with Crippen molar-refractivity contribution in [2.24, 2.45) is 0 Å². The molecule has 1 fully saturated rings. The minimum atomic E-state index is 0.663. The highest BCUT2D eigenvalue weighted by Gasteiger charge is 2.15. The Kier molecular flexibility index (Phi) is 6.89. The second-order valence-corrected chi connectivity index (χ2v) is 5.59. The minimum absolute atomic E-state index is 0.663. The molecule has 20 heavy (non-hydrogen) atoms. The summed E-state index contributed by atoms with van der Waals surface area (Å²) in [4.78, 5) is 2.60. The van der Waals surface area contributed by atoms with Gasteiger partial charge in [-0.15, -0.1) is 0 Å². The Morgan fingerprint density at radius 1 is 1.20 bits per heavy atom. The normalized spacial score (nSPS) is 20.6. The van der Waals surface area contributed by atoms with E-state index in [0.717, 1.165) is 18.9 Å². The fourth-order valence-corrected chi connectivity index (χ4v) is 2.85. The van der Waals surface area contributed by atoms with E-state index >= 15 is 0 Å². The first-order valence-corrected chi connectivity index (χ1v) is 8.02. The molecular formula is C17H28N2O. The molecule has 0 amide bonds. The van der Waals surface area contributed by atoms with Gasteiger partial charge in [-0.1, -0.05) is 25.1 Å². The molecule has 1 heterocycles. The maximum Gasteiger partial charge on any atom is 0.119 e. The van der Waals surface area contributed by atoms with Gasteiger partial charge in [0.2, 0.25) is 0 Å². The van der Waals surface area contributed by atoms with Crippen LogP contribution in [0.15, 0.2) is 30.3 Å². The third kappa shape index (κ3) is 5.51. The van der Waals surface area contributed by atoms with Crippen LogP contribution in [0.2, 0.25) is 0 Å². The molecule has 2 rings (SSSR count). The molecule has 1 aromatic rings. The largest absolute Gasteiger partial charge is 0.492 e. The number of nitrogens with zero attached hydrogens (tertiary/aromatic N) is 1. The Morgan fingerprint density at radius 2 is 2.05 bits per heavy atom. The molecule has 112 valence electrons. The number of likely N-dealkylation sites (tertiary alicyclic amines) is 1. The van der Waals surface area contributed by atoms with E-state index in [1.165, 1.54) is 45.3 Å². The highest BCUT2D eigenvalue weighted by molar-refractivity contribution is 5.20. The number of hydrogen-bond donors (Lipinski definition) is 1. The standard InChI is InChI=1S/C17H28N2O/c1-2-12-19-13-6-7-16(10-14-19)18-11-15-20-17-8-4-3-5-9-17/h3-5,8-9,16,18H,2,6-7,10-15H2,1H3. The van der Waals surface area contributed by atoms with Gasteiger partial charge in [-0.3, -0.25) is 0 Å². The van der Waals surface area contributed by atoms with Crippen LogP contribution < -0.4 is 10.1 Å². The summed E-state index contributed by atoms with van der Waals surface area (Å²) < 4.78 is 5.72. The molecule has 3 heteroatoms. The average Bonchev–Trinajstić information content (AvgIpc) is 2.71. The summed E-state index contributed by atoms with van der Waals surface area (Å²) in [6, 6.07) is 10.7. The first-order valence-electron chi connectivity index (χ1n) is 8.02. The van der Waals surface area contributed by atoms with Crippen LogP contribution in [0.25, 0.3) is 0 Å². The summed E-state index contributed by atoms with van der Waals surface area (Å²) in [5.41, 5.74) is 0. The lowest BCUT2D eigenvalue weighted by Crippen LogP contribution is -2.33. The highest BCUT2D eigenvalue weighted by atomic mass is 16.5. The first kappa shape index (κ1) is 15.3. The molecular weight excluding hydrogens is 248 g/mol. The summed E-state index contributed by atoms with van der Waals surface area (Å²) >= 11 is 0. The Labute approximate surface area is 123 Å². The van der Waals surface area contributed by atoms with Crippen molar-refractivity contribution >= 4 is 0 Å². The van der Waals surface area contributed by atoms with E-state index in [0.29, 0.717) is 6.04 Å². The minimum Gasteiger partial charge on any atom is -0.492 e. The maximum atomic E-state index is 5.72.